The van der Waals surface area contributed by atoms with Gasteiger partial charge in [-0.05, 0) is 45.7 Å². The van der Waals surface area contributed by atoms with Gasteiger partial charge >= 0.3 is 0 Å². The molecule has 3 saturated heterocycles. The molecule has 18 heavy (non-hydrogen) atoms. The van der Waals surface area contributed by atoms with E-state index in [1.165, 1.54) is 25.8 Å². The molecular formula is C14H25N3O. The van der Waals surface area contributed by atoms with E-state index in [1.54, 1.807) is 0 Å². The van der Waals surface area contributed by atoms with Crippen LogP contribution < -0.4 is 5.32 Å². The largest absolute Gasteiger partial charge is 0.336 e. The van der Waals surface area contributed by atoms with Gasteiger partial charge in [-0.15, -0.1) is 0 Å². The Morgan fingerprint density at radius 3 is 2.83 bits per heavy atom. The maximum Gasteiger partial charge on any atom is 0.240 e. The summed E-state index contributed by atoms with van der Waals surface area (Å²) >= 11 is 0. The minimum absolute atomic E-state index is 0.0996. The second-order valence-electron chi connectivity index (χ2n) is 6.13. The van der Waals surface area contributed by atoms with Gasteiger partial charge in [-0.2, -0.15) is 0 Å². The van der Waals surface area contributed by atoms with Crippen LogP contribution in [0.15, 0.2) is 0 Å². The number of nitrogens with one attached hydrogen (secondary N) is 1. The van der Waals surface area contributed by atoms with E-state index in [2.05, 4.69) is 22.0 Å². The van der Waals surface area contributed by atoms with Gasteiger partial charge in [-0.25, -0.2) is 0 Å². The molecule has 1 amide bonds. The lowest BCUT2D eigenvalue weighted by Crippen LogP contribution is -2.62. The van der Waals surface area contributed by atoms with Crippen LogP contribution in [0, 0.1) is 0 Å². The lowest BCUT2D eigenvalue weighted by molar-refractivity contribution is -0.140. The van der Waals surface area contributed by atoms with E-state index in [-0.39, 0.29) is 6.04 Å². The molecule has 3 atom stereocenters. The number of piperazine rings is 1. The molecule has 3 heterocycles. The van der Waals surface area contributed by atoms with Crippen molar-refractivity contribution in [3.63, 3.8) is 0 Å². The Balaban J connectivity index is 1.66. The molecule has 2 unspecified atom stereocenters. The highest BCUT2D eigenvalue weighted by molar-refractivity contribution is 5.82. The first-order valence-electron chi connectivity index (χ1n) is 7.53. The predicted molar refractivity (Wildman–Crippen MR) is 71.4 cm³/mol. The van der Waals surface area contributed by atoms with Gasteiger partial charge in [0.25, 0.3) is 0 Å². The third kappa shape index (κ3) is 2.28. The highest BCUT2D eigenvalue weighted by Gasteiger charge is 2.37. The minimum atomic E-state index is 0.0996. The Hall–Kier alpha value is -0.610. The number of rotatable bonds is 1. The maximum absolute atomic E-state index is 12.5. The zero-order valence-electron chi connectivity index (χ0n) is 11.4. The van der Waals surface area contributed by atoms with Crippen LogP contribution in [0.5, 0.6) is 0 Å². The fraction of sp³-hybridized carbons (Fsp3) is 0.929. The standard InChI is InChI=1S/C14H25N3O/c1-11-9-16-8-3-2-5-12(16)10-17(11)14(18)13-6-4-7-15-13/h11-13,15H,2-10H2,1H3/t11?,12?,13-/m1/s1. The van der Waals surface area contributed by atoms with Crippen LogP contribution in [0.3, 0.4) is 0 Å². The molecule has 102 valence electrons. The summed E-state index contributed by atoms with van der Waals surface area (Å²) < 4.78 is 0. The number of amides is 1. The van der Waals surface area contributed by atoms with Crippen LogP contribution in [-0.4, -0.2) is 60.0 Å². The topological polar surface area (TPSA) is 35.6 Å². The average molecular weight is 251 g/mol. The van der Waals surface area contributed by atoms with Gasteiger partial charge < -0.3 is 10.2 Å². The summed E-state index contributed by atoms with van der Waals surface area (Å²) in [4.78, 5) is 17.3. The summed E-state index contributed by atoms with van der Waals surface area (Å²) in [5, 5.41) is 3.34. The molecule has 3 rings (SSSR count). The summed E-state index contributed by atoms with van der Waals surface area (Å²) in [6.07, 6.45) is 6.11. The number of fused-ring (bicyclic) bond motifs is 1. The second-order valence-corrected chi connectivity index (χ2v) is 6.13. The first-order chi connectivity index (χ1) is 8.75. The molecule has 3 fully saturated rings. The van der Waals surface area contributed by atoms with Crippen LogP contribution in [-0.2, 0) is 4.79 Å². The van der Waals surface area contributed by atoms with Gasteiger partial charge in [0.1, 0.15) is 0 Å². The van der Waals surface area contributed by atoms with Gasteiger partial charge in [0.05, 0.1) is 6.04 Å². The molecule has 0 radical (unpaired) electrons. The number of carbonyl (C=O) groups is 1. The van der Waals surface area contributed by atoms with Crippen molar-refractivity contribution in [2.75, 3.05) is 26.2 Å². The maximum atomic E-state index is 12.5. The molecule has 3 aliphatic heterocycles. The van der Waals surface area contributed by atoms with Crippen LogP contribution in [0.4, 0.5) is 0 Å². The Kier molecular flexibility index (Phi) is 3.57. The van der Waals surface area contributed by atoms with Crippen LogP contribution >= 0.6 is 0 Å². The second kappa shape index (κ2) is 5.17. The smallest absolute Gasteiger partial charge is 0.240 e. The molecule has 0 saturated carbocycles. The number of hydrogen-bond donors (Lipinski definition) is 1. The monoisotopic (exact) mass is 251 g/mol. The molecule has 0 bridgehead atoms. The Labute approximate surface area is 110 Å². The summed E-state index contributed by atoms with van der Waals surface area (Å²) in [6.45, 7) is 6.48. The van der Waals surface area contributed by atoms with Gasteiger partial charge in [0.2, 0.25) is 5.91 Å². The Morgan fingerprint density at radius 1 is 1.17 bits per heavy atom. The number of hydrogen-bond acceptors (Lipinski definition) is 3. The molecule has 4 heteroatoms. The van der Waals surface area contributed by atoms with E-state index in [9.17, 15) is 4.79 Å². The lowest BCUT2D eigenvalue weighted by Gasteiger charge is -2.48. The number of carbonyl (C=O) groups excluding carboxylic acids is 1. The van der Waals surface area contributed by atoms with Crippen molar-refractivity contribution in [1.29, 1.82) is 0 Å². The van der Waals surface area contributed by atoms with E-state index >= 15 is 0 Å². The molecule has 0 aromatic heterocycles. The molecular weight excluding hydrogens is 226 g/mol. The highest BCUT2D eigenvalue weighted by Crippen LogP contribution is 2.25. The molecule has 1 N–H and O–H groups in total. The van der Waals surface area contributed by atoms with Crippen LogP contribution in [0.2, 0.25) is 0 Å². The van der Waals surface area contributed by atoms with Crippen molar-refractivity contribution in [3.8, 4) is 0 Å². The molecule has 0 aromatic rings. The Morgan fingerprint density at radius 2 is 2.06 bits per heavy atom. The molecule has 0 aromatic carbocycles. The summed E-state index contributed by atoms with van der Waals surface area (Å²) in [5.74, 6) is 0.352. The van der Waals surface area contributed by atoms with Crippen molar-refractivity contribution in [3.05, 3.63) is 0 Å². The quantitative estimate of drug-likeness (QED) is 0.749. The van der Waals surface area contributed by atoms with Crippen molar-refractivity contribution in [2.45, 2.75) is 57.2 Å². The lowest BCUT2D eigenvalue weighted by atomic mass is 9.96. The van der Waals surface area contributed by atoms with Crippen molar-refractivity contribution < 1.29 is 4.79 Å². The summed E-state index contributed by atoms with van der Waals surface area (Å²) in [5.41, 5.74) is 0. The number of nitrogens with zero attached hydrogens (tertiary/aromatic N) is 2. The fourth-order valence-corrected chi connectivity index (χ4v) is 3.75. The molecule has 0 aliphatic carbocycles. The van der Waals surface area contributed by atoms with Crippen LogP contribution in [0.25, 0.3) is 0 Å². The minimum Gasteiger partial charge on any atom is -0.336 e. The summed E-state index contributed by atoms with van der Waals surface area (Å²) in [7, 11) is 0. The van der Waals surface area contributed by atoms with Crippen molar-refractivity contribution in [1.82, 2.24) is 15.1 Å². The van der Waals surface area contributed by atoms with E-state index in [4.69, 9.17) is 0 Å². The van der Waals surface area contributed by atoms with Gasteiger partial charge in [-0.3, -0.25) is 9.69 Å². The van der Waals surface area contributed by atoms with Gasteiger partial charge in [0, 0.05) is 25.2 Å². The highest BCUT2D eigenvalue weighted by atomic mass is 16.2. The third-order valence-corrected chi connectivity index (χ3v) is 4.83. The van der Waals surface area contributed by atoms with E-state index < -0.39 is 0 Å². The predicted octanol–water partition coefficient (Wildman–Crippen LogP) is 0.824. The van der Waals surface area contributed by atoms with Gasteiger partial charge in [-0.1, -0.05) is 6.42 Å². The first kappa shape index (κ1) is 12.4. The Bertz CT molecular complexity index is 314. The SMILES string of the molecule is CC1CN2CCCCC2CN1C(=O)[C@H]1CCCN1. The van der Waals surface area contributed by atoms with Crippen molar-refractivity contribution in [2.24, 2.45) is 0 Å². The molecule has 3 aliphatic rings. The first-order valence-corrected chi connectivity index (χ1v) is 7.53. The van der Waals surface area contributed by atoms with Gasteiger partial charge in [0.15, 0.2) is 0 Å². The summed E-state index contributed by atoms with van der Waals surface area (Å²) in [6, 6.07) is 1.11. The van der Waals surface area contributed by atoms with E-state index in [0.717, 1.165) is 32.5 Å². The van der Waals surface area contributed by atoms with Crippen molar-refractivity contribution >= 4 is 5.91 Å². The fourth-order valence-electron chi connectivity index (χ4n) is 3.75. The average Bonchev–Trinajstić information content (AvgIpc) is 2.91. The zero-order valence-corrected chi connectivity index (χ0v) is 11.4. The van der Waals surface area contributed by atoms with Crippen LogP contribution in [0.1, 0.15) is 39.0 Å². The van der Waals surface area contributed by atoms with E-state index in [0.29, 0.717) is 18.0 Å². The third-order valence-electron chi connectivity index (χ3n) is 4.83. The normalized spacial score (nSPS) is 37.6. The van der Waals surface area contributed by atoms with E-state index in [1.807, 2.05) is 0 Å². The zero-order chi connectivity index (χ0) is 12.5. The molecule has 0 spiro atoms. The number of piperidine rings is 1. The molecule has 4 nitrogen and oxygen atoms in total.